The summed E-state index contributed by atoms with van der Waals surface area (Å²) in [6.07, 6.45) is 6.03. The highest BCUT2D eigenvalue weighted by Gasteiger charge is 2.24. The van der Waals surface area contributed by atoms with Gasteiger partial charge >= 0.3 is 0 Å². The second kappa shape index (κ2) is 5.98. The lowest BCUT2D eigenvalue weighted by Gasteiger charge is -2.35. The Hall–Kier alpha value is -2.44. The minimum absolute atomic E-state index is 0.566. The van der Waals surface area contributed by atoms with Crippen molar-refractivity contribution in [2.24, 2.45) is 0 Å². The molecule has 0 unspecified atom stereocenters. The monoisotopic (exact) mass is 311 g/mol. The highest BCUT2D eigenvalue weighted by Crippen LogP contribution is 2.24. The zero-order valence-electron chi connectivity index (χ0n) is 13.3. The normalized spacial score (nSPS) is 18.1. The van der Waals surface area contributed by atoms with Gasteiger partial charge in [-0.05, 0) is 25.8 Å². The van der Waals surface area contributed by atoms with Crippen molar-refractivity contribution in [1.29, 1.82) is 0 Å². The first-order chi connectivity index (χ1) is 11.3. The molecule has 0 aromatic carbocycles. The molecule has 2 aromatic heterocycles. The molecule has 2 aromatic rings. The average Bonchev–Trinajstić information content (AvgIpc) is 3.39. The van der Waals surface area contributed by atoms with E-state index in [2.05, 4.69) is 41.1 Å². The number of nitrogens with zero attached hydrogens (tertiary/aromatic N) is 6. The minimum Gasteiger partial charge on any atom is -0.353 e. The summed E-state index contributed by atoms with van der Waals surface area (Å²) in [7, 11) is 0. The van der Waals surface area contributed by atoms with E-state index in [1.165, 1.54) is 12.8 Å². The van der Waals surface area contributed by atoms with Gasteiger partial charge in [0, 0.05) is 56.4 Å². The molecule has 0 amide bonds. The van der Waals surface area contributed by atoms with Crippen LogP contribution in [-0.4, -0.2) is 52.2 Å². The molecule has 0 bridgehead atoms. The lowest BCUT2D eigenvalue weighted by atomic mass is 10.3. The fourth-order valence-electron chi connectivity index (χ4n) is 2.78. The third-order valence-electron chi connectivity index (χ3n) is 4.19. The van der Waals surface area contributed by atoms with E-state index < -0.39 is 0 Å². The van der Waals surface area contributed by atoms with Gasteiger partial charge in [0.1, 0.15) is 5.82 Å². The first kappa shape index (κ1) is 14.2. The maximum absolute atomic E-state index is 4.69. The first-order valence-electron chi connectivity index (χ1n) is 8.17. The molecule has 23 heavy (non-hydrogen) atoms. The smallest absolute Gasteiger partial charge is 0.225 e. The molecule has 120 valence electrons. The number of anilines is 3. The van der Waals surface area contributed by atoms with Gasteiger partial charge in [0.15, 0.2) is 0 Å². The van der Waals surface area contributed by atoms with E-state index in [1.54, 1.807) is 12.4 Å². The van der Waals surface area contributed by atoms with E-state index in [9.17, 15) is 0 Å². The van der Waals surface area contributed by atoms with Crippen molar-refractivity contribution in [2.75, 3.05) is 41.3 Å². The molecular formula is C16H21N7. The van der Waals surface area contributed by atoms with Gasteiger partial charge in [0.05, 0.1) is 0 Å². The van der Waals surface area contributed by atoms with Crippen LogP contribution in [0, 0.1) is 6.92 Å². The molecule has 1 aliphatic heterocycles. The minimum atomic E-state index is 0.566. The quantitative estimate of drug-likeness (QED) is 0.917. The molecule has 0 atom stereocenters. The Morgan fingerprint density at radius 1 is 1.00 bits per heavy atom. The Morgan fingerprint density at radius 2 is 1.70 bits per heavy atom. The van der Waals surface area contributed by atoms with Crippen molar-refractivity contribution in [1.82, 2.24) is 19.9 Å². The molecule has 0 radical (unpaired) electrons. The summed E-state index contributed by atoms with van der Waals surface area (Å²) in [6, 6.07) is 4.47. The van der Waals surface area contributed by atoms with Gasteiger partial charge in [-0.25, -0.2) is 15.0 Å². The lowest BCUT2D eigenvalue weighted by molar-refractivity contribution is 0.634. The van der Waals surface area contributed by atoms with Crippen LogP contribution in [0.1, 0.15) is 18.5 Å². The van der Waals surface area contributed by atoms with E-state index in [4.69, 9.17) is 0 Å². The Morgan fingerprint density at radius 3 is 2.39 bits per heavy atom. The third kappa shape index (κ3) is 3.33. The van der Waals surface area contributed by atoms with Crippen molar-refractivity contribution in [2.45, 2.75) is 25.8 Å². The van der Waals surface area contributed by atoms with Crippen LogP contribution in [0.3, 0.4) is 0 Å². The molecule has 1 saturated heterocycles. The van der Waals surface area contributed by atoms with Gasteiger partial charge in [-0.1, -0.05) is 0 Å². The van der Waals surface area contributed by atoms with Crippen molar-refractivity contribution < 1.29 is 0 Å². The number of hydrogen-bond acceptors (Lipinski definition) is 7. The fourth-order valence-corrected chi connectivity index (χ4v) is 2.78. The molecule has 7 heteroatoms. The summed E-state index contributed by atoms with van der Waals surface area (Å²) < 4.78 is 0. The summed E-state index contributed by atoms with van der Waals surface area (Å²) in [4.78, 5) is 22.4. The van der Waals surface area contributed by atoms with E-state index in [0.29, 0.717) is 6.04 Å². The van der Waals surface area contributed by atoms with Crippen LogP contribution in [0.2, 0.25) is 0 Å². The summed E-state index contributed by atoms with van der Waals surface area (Å²) in [6.45, 7) is 5.66. The highest BCUT2D eigenvalue weighted by molar-refractivity contribution is 5.47. The van der Waals surface area contributed by atoms with Crippen LogP contribution in [-0.2, 0) is 0 Å². The number of hydrogen-bond donors (Lipinski definition) is 1. The number of aromatic nitrogens is 4. The van der Waals surface area contributed by atoms with Crippen molar-refractivity contribution >= 4 is 17.7 Å². The first-order valence-corrected chi connectivity index (χ1v) is 8.17. The van der Waals surface area contributed by atoms with Gasteiger partial charge in [-0.3, -0.25) is 0 Å². The van der Waals surface area contributed by atoms with E-state index in [0.717, 1.165) is 49.6 Å². The van der Waals surface area contributed by atoms with Gasteiger partial charge in [-0.15, -0.1) is 0 Å². The largest absolute Gasteiger partial charge is 0.353 e. The summed E-state index contributed by atoms with van der Waals surface area (Å²) in [5.74, 6) is 2.58. The van der Waals surface area contributed by atoms with Gasteiger partial charge < -0.3 is 15.1 Å². The molecule has 7 nitrogen and oxygen atoms in total. The van der Waals surface area contributed by atoms with Crippen LogP contribution >= 0.6 is 0 Å². The lowest BCUT2D eigenvalue weighted by Crippen LogP contribution is -2.47. The molecule has 3 heterocycles. The Bertz CT molecular complexity index is 663. The number of piperazine rings is 1. The van der Waals surface area contributed by atoms with Crippen molar-refractivity contribution in [3.05, 3.63) is 30.2 Å². The SMILES string of the molecule is Cc1cc(N2CCN(c3ncccn3)CC2)nc(NC2CC2)n1. The molecule has 0 spiro atoms. The summed E-state index contributed by atoms with van der Waals surface area (Å²) in [5.41, 5.74) is 1.01. The molecular weight excluding hydrogens is 290 g/mol. The maximum atomic E-state index is 4.69. The second-order valence-corrected chi connectivity index (χ2v) is 6.13. The topological polar surface area (TPSA) is 70.1 Å². The van der Waals surface area contributed by atoms with Gasteiger partial charge in [-0.2, -0.15) is 4.98 Å². The van der Waals surface area contributed by atoms with Gasteiger partial charge in [0.2, 0.25) is 11.9 Å². The molecule has 2 fully saturated rings. The summed E-state index contributed by atoms with van der Waals surface area (Å²) >= 11 is 0. The van der Waals surface area contributed by atoms with Crippen LogP contribution in [0.4, 0.5) is 17.7 Å². The van der Waals surface area contributed by atoms with E-state index in [-0.39, 0.29) is 0 Å². The van der Waals surface area contributed by atoms with Crippen LogP contribution in [0.5, 0.6) is 0 Å². The highest BCUT2D eigenvalue weighted by atomic mass is 15.3. The fraction of sp³-hybridized carbons (Fsp3) is 0.500. The molecule has 4 rings (SSSR count). The van der Waals surface area contributed by atoms with Crippen LogP contribution < -0.4 is 15.1 Å². The Kier molecular flexibility index (Phi) is 3.69. The van der Waals surface area contributed by atoms with E-state index >= 15 is 0 Å². The van der Waals surface area contributed by atoms with E-state index in [1.807, 2.05) is 13.0 Å². The third-order valence-corrected chi connectivity index (χ3v) is 4.19. The zero-order chi connectivity index (χ0) is 15.6. The second-order valence-electron chi connectivity index (χ2n) is 6.13. The van der Waals surface area contributed by atoms with Crippen molar-refractivity contribution in [3.63, 3.8) is 0 Å². The average molecular weight is 311 g/mol. The number of nitrogens with one attached hydrogen (secondary N) is 1. The van der Waals surface area contributed by atoms with Crippen molar-refractivity contribution in [3.8, 4) is 0 Å². The number of aryl methyl sites for hydroxylation is 1. The Labute approximate surface area is 135 Å². The molecule has 1 aliphatic carbocycles. The predicted octanol–water partition coefficient (Wildman–Crippen LogP) is 1.48. The van der Waals surface area contributed by atoms with Crippen LogP contribution in [0.15, 0.2) is 24.5 Å². The van der Waals surface area contributed by atoms with Gasteiger partial charge in [0.25, 0.3) is 0 Å². The summed E-state index contributed by atoms with van der Waals surface area (Å²) in [5, 5.41) is 3.39. The van der Waals surface area contributed by atoms with Crippen LogP contribution in [0.25, 0.3) is 0 Å². The Balaban J connectivity index is 1.44. The predicted molar refractivity (Wildman–Crippen MR) is 89.9 cm³/mol. The molecule has 1 saturated carbocycles. The number of rotatable bonds is 4. The molecule has 2 aliphatic rings. The zero-order valence-corrected chi connectivity index (χ0v) is 13.3. The molecule has 1 N–H and O–H groups in total. The standard InChI is InChI=1S/C16H21N7/c1-12-11-14(21-15(19-12)20-13-3-4-13)22-7-9-23(10-8-22)16-17-5-2-6-18-16/h2,5-6,11,13H,3-4,7-10H2,1H3,(H,19,20,21). The maximum Gasteiger partial charge on any atom is 0.225 e.